The smallest absolute Gasteiger partial charge is 0.00766 e. The van der Waals surface area contributed by atoms with Crippen molar-refractivity contribution in [2.24, 2.45) is 52.1 Å². The van der Waals surface area contributed by atoms with Crippen LogP contribution in [0.5, 0.6) is 0 Å². The molecule has 160 valence electrons. The third kappa shape index (κ3) is 3.42. The van der Waals surface area contributed by atoms with Gasteiger partial charge in [0.2, 0.25) is 0 Å². The molecule has 4 rings (SSSR count). The molecule has 3 saturated carbocycles. The molecule has 1 heteroatoms. The second kappa shape index (κ2) is 7.75. The zero-order chi connectivity index (χ0) is 20.1. The summed E-state index contributed by atoms with van der Waals surface area (Å²) in [6.45, 7) is 12.7. The summed E-state index contributed by atoms with van der Waals surface area (Å²) in [5.41, 5.74) is 9.18. The molecule has 8 atom stereocenters. The van der Waals surface area contributed by atoms with Crippen molar-refractivity contribution in [3.63, 3.8) is 0 Å². The van der Waals surface area contributed by atoms with Gasteiger partial charge in [0.1, 0.15) is 0 Å². The predicted molar refractivity (Wildman–Crippen MR) is 121 cm³/mol. The highest BCUT2D eigenvalue weighted by atomic mass is 14.7. The first-order chi connectivity index (χ1) is 13.3. The van der Waals surface area contributed by atoms with E-state index in [1.54, 1.807) is 5.57 Å². The monoisotopic (exact) mass is 385 g/mol. The Bertz CT molecular complexity index is 591. The fraction of sp³-hybridized carbons (Fsp3) is 0.926. The summed E-state index contributed by atoms with van der Waals surface area (Å²) >= 11 is 0. The molecular weight excluding hydrogens is 338 g/mol. The SMILES string of the molecule is CC(C)CCC[C@@H](C)[C@H]1CCC2C3CC=C4CC(N)CC[C@]4(C)C3CC[C@@]21C. The zero-order valence-corrected chi connectivity index (χ0v) is 19.5. The molecule has 4 aliphatic rings. The number of rotatable bonds is 5. The first kappa shape index (κ1) is 21.0. The van der Waals surface area contributed by atoms with Gasteiger partial charge >= 0.3 is 0 Å². The fourth-order valence-electron chi connectivity index (χ4n) is 8.71. The molecule has 4 aliphatic carbocycles. The maximum atomic E-state index is 6.34. The zero-order valence-electron chi connectivity index (χ0n) is 19.5. The van der Waals surface area contributed by atoms with E-state index in [0.717, 1.165) is 35.5 Å². The lowest BCUT2D eigenvalue weighted by Gasteiger charge is -2.58. The summed E-state index contributed by atoms with van der Waals surface area (Å²) in [5, 5.41) is 0. The van der Waals surface area contributed by atoms with E-state index in [4.69, 9.17) is 5.73 Å². The third-order valence-corrected chi connectivity index (χ3v) is 10.3. The summed E-state index contributed by atoms with van der Waals surface area (Å²) < 4.78 is 0. The molecule has 0 heterocycles. The summed E-state index contributed by atoms with van der Waals surface area (Å²) in [7, 11) is 0. The van der Waals surface area contributed by atoms with E-state index in [9.17, 15) is 0 Å². The van der Waals surface area contributed by atoms with Crippen LogP contribution in [0, 0.1) is 46.3 Å². The van der Waals surface area contributed by atoms with Gasteiger partial charge in [0, 0.05) is 6.04 Å². The van der Waals surface area contributed by atoms with E-state index in [0.29, 0.717) is 16.9 Å². The predicted octanol–water partition coefficient (Wildman–Crippen LogP) is 7.36. The van der Waals surface area contributed by atoms with Crippen molar-refractivity contribution in [3.8, 4) is 0 Å². The van der Waals surface area contributed by atoms with Crippen LogP contribution in [0.3, 0.4) is 0 Å². The average Bonchev–Trinajstić information content (AvgIpc) is 2.99. The quantitative estimate of drug-likeness (QED) is 0.492. The van der Waals surface area contributed by atoms with Gasteiger partial charge in [0.05, 0.1) is 0 Å². The van der Waals surface area contributed by atoms with Crippen LogP contribution in [0.2, 0.25) is 0 Å². The minimum absolute atomic E-state index is 0.423. The maximum Gasteiger partial charge on any atom is 0.00766 e. The Labute approximate surface area is 175 Å². The Balaban J connectivity index is 1.49. The van der Waals surface area contributed by atoms with Crippen LogP contribution in [-0.4, -0.2) is 6.04 Å². The molecular formula is C27H47N. The Morgan fingerprint density at radius 3 is 2.54 bits per heavy atom. The largest absolute Gasteiger partial charge is 0.327 e. The van der Waals surface area contributed by atoms with Crippen LogP contribution < -0.4 is 5.73 Å². The molecule has 2 N–H and O–H groups in total. The molecule has 0 saturated heterocycles. The lowest BCUT2D eigenvalue weighted by Crippen LogP contribution is -2.51. The van der Waals surface area contributed by atoms with E-state index in [2.05, 4.69) is 40.7 Å². The molecule has 3 fully saturated rings. The van der Waals surface area contributed by atoms with Crippen molar-refractivity contribution in [3.05, 3.63) is 11.6 Å². The van der Waals surface area contributed by atoms with Crippen molar-refractivity contribution in [2.75, 3.05) is 0 Å². The van der Waals surface area contributed by atoms with Gasteiger partial charge in [-0.2, -0.15) is 0 Å². The summed E-state index contributed by atoms with van der Waals surface area (Å²) in [6.07, 6.45) is 18.1. The van der Waals surface area contributed by atoms with Crippen LogP contribution in [0.15, 0.2) is 11.6 Å². The Hall–Kier alpha value is -0.300. The van der Waals surface area contributed by atoms with Gasteiger partial charge in [0.25, 0.3) is 0 Å². The highest BCUT2D eigenvalue weighted by Crippen LogP contribution is 2.67. The van der Waals surface area contributed by atoms with Gasteiger partial charge in [-0.3, -0.25) is 0 Å². The van der Waals surface area contributed by atoms with Crippen LogP contribution in [0.1, 0.15) is 105 Å². The number of fused-ring (bicyclic) bond motifs is 5. The molecule has 0 spiro atoms. The van der Waals surface area contributed by atoms with Crippen molar-refractivity contribution in [2.45, 2.75) is 111 Å². The minimum Gasteiger partial charge on any atom is -0.327 e. The summed E-state index contributed by atoms with van der Waals surface area (Å²) in [4.78, 5) is 0. The van der Waals surface area contributed by atoms with Gasteiger partial charge in [-0.05, 0) is 97.7 Å². The number of nitrogens with two attached hydrogens (primary N) is 1. The molecule has 1 nitrogen and oxygen atoms in total. The van der Waals surface area contributed by atoms with Crippen molar-refractivity contribution >= 4 is 0 Å². The average molecular weight is 386 g/mol. The first-order valence-electron chi connectivity index (χ1n) is 12.7. The number of hydrogen-bond donors (Lipinski definition) is 1. The Morgan fingerprint density at radius 1 is 1.00 bits per heavy atom. The molecule has 0 bridgehead atoms. The van der Waals surface area contributed by atoms with E-state index in [-0.39, 0.29) is 0 Å². The van der Waals surface area contributed by atoms with Crippen molar-refractivity contribution in [1.82, 2.24) is 0 Å². The first-order valence-corrected chi connectivity index (χ1v) is 12.7. The molecule has 28 heavy (non-hydrogen) atoms. The molecule has 0 radical (unpaired) electrons. The van der Waals surface area contributed by atoms with E-state index in [1.165, 1.54) is 70.6 Å². The van der Waals surface area contributed by atoms with E-state index < -0.39 is 0 Å². The lowest BCUT2D eigenvalue weighted by atomic mass is 9.47. The molecule has 0 aromatic carbocycles. The summed E-state index contributed by atoms with van der Waals surface area (Å²) in [5.74, 6) is 5.63. The van der Waals surface area contributed by atoms with Gasteiger partial charge in [0.15, 0.2) is 0 Å². The molecule has 0 aromatic rings. The van der Waals surface area contributed by atoms with Crippen LogP contribution in [0.4, 0.5) is 0 Å². The van der Waals surface area contributed by atoms with E-state index in [1.807, 2.05) is 0 Å². The second-order valence-corrected chi connectivity index (χ2v) is 12.3. The standard InChI is InChI=1S/C27H47N/c1-18(2)7-6-8-19(3)23-11-12-24-22-10-9-20-17-21(28)13-15-26(20,4)25(22)14-16-27(23,24)5/h9,18-19,21-25H,6-8,10-17,28H2,1-5H3/t19-,21?,22?,23-,24?,25?,26+,27-/m1/s1. The van der Waals surface area contributed by atoms with Crippen molar-refractivity contribution < 1.29 is 0 Å². The second-order valence-electron chi connectivity index (χ2n) is 12.3. The topological polar surface area (TPSA) is 26.0 Å². The molecule has 0 aromatic heterocycles. The third-order valence-electron chi connectivity index (χ3n) is 10.3. The van der Waals surface area contributed by atoms with Crippen molar-refractivity contribution in [1.29, 1.82) is 0 Å². The number of allylic oxidation sites excluding steroid dienone is 1. The van der Waals surface area contributed by atoms with Crippen LogP contribution in [0.25, 0.3) is 0 Å². The van der Waals surface area contributed by atoms with Gasteiger partial charge in [-0.15, -0.1) is 0 Å². The van der Waals surface area contributed by atoms with Gasteiger partial charge in [-0.1, -0.05) is 65.5 Å². The molecule has 0 amide bonds. The lowest BCUT2D eigenvalue weighted by molar-refractivity contribution is -0.0508. The van der Waals surface area contributed by atoms with E-state index >= 15 is 0 Å². The normalized spacial score (nSPS) is 46.5. The van der Waals surface area contributed by atoms with Crippen LogP contribution in [-0.2, 0) is 0 Å². The highest BCUT2D eigenvalue weighted by molar-refractivity contribution is 5.25. The number of hydrogen-bond acceptors (Lipinski definition) is 1. The fourth-order valence-corrected chi connectivity index (χ4v) is 8.71. The van der Waals surface area contributed by atoms with Gasteiger partial charge < -0.3 is 5.73 Å². The Kier molecular flexibility index (Phi) is 5.80. The maximum absolute atomic E-state index is 6.34. The summed E-state index contributed by atoms with van der Waals surface area (Å²) in [6, 6.07) is 0.423. The Morgan fingerprint density at radius 2 is 1.79 bits per heavy atom. The van der Waals surface area contributed by atoms with Gasteiger partial charge in [-0.25, -0.2) is 0 Å². The minimum atomic E-state index is 0.423. The molecule has 4 unspecified atom stereocenters. The van der Waals surface area contributed by atoms with Crippen LogP contribution >= 0.6 is 0 Å². The highest BCUT2D eigenvalue weighted by Gasteiger charge is 2.58. The molecule has 0 aliphatic heterocycles.